The number of hydrogen-bond acceptors (Lipinski definition) is 4. The summed E-state index contributed by atoms with van der Waals surface area (Å²) in [5.74, 6) is -1.00. The largest absolute Gasteiger partial charge is 0.384 e. The molecule has 4 rings (SSSR count). The predicted molar refractivity (Wildman–Crippen MR) is 170 cm³/mol. The van der Waals surface area contributed by atoms with Crippen molar-refractivity contribution in [1.29, 1.82) is 10.8 Å². The highest BCUT2D eigenvalue weighted by atomic mass is 35.5. The van der Waals surface area contributed by atoms with Crippen molar-refractivity contribution in [2.75, 3.05) is 0 Å². The van der Waals surface area contributed by atoms with E-state index < -0.39 is 12.0 Å². The number of nitrogens with one attached hydrogen (secondary N) is 4. The van der Waals surface area contributed by atoms with Gasteiger partial charge in [0.1, 0.15) is 17.7 Å². The van der Waals surface area contributed by atoms with Crippen LogP contribution in [0.3, 0.4) is 0 Å². The number of rotatable bonds is 11. The van der Waals surface area contributed by atoms with Gasteiger partial charge in [-0.1, -0.05) is 91.5 Å². The van der Waals surface area contributed by atoms with Gasteiger partial charge in [0.25, 0.3) is 0 Å². The zero-order chi connectivity index (χ0) is 29.4. The van der Waals surface area contributed by atoms with Gasteiger partial charge in [0, 0.05) is 22.7 Å². The molecule has 42 heavy (non-hydrogen) atoms. The average molecular weight is 610 g/mol. The monoisotopic (exact) mass is 608 g/mol. The number of carbonyl (C=O) groups is 2. The van der Waals surface area contributed by atoms with Crippen molar-refractivity contribution >= 4 is 47.5 Å². The Morgan fingerprint density at radius 3 is 1.95 bits per heavy atom. The zero-order valence-corrected chi connectivity index (χ0v) is 24.9. The molecule has 2 amide bonds. The Morgan fingerprint density at radius 1 is 0.833 bits per heavy atom. The first-order valence-electron chi connectivity index (χ1n) is 13.9. The van der Waals surface area contributed by atoms with E-state index in [1.54, 1.807) is 36.4 Å². The van der Waals surface area contributed by atoms with Gasteiger partial charge in [-0.3, -0.25) is 20.4 Å². The van der Waals surface area contributed by atoms with Crippen molar-refractivity contribution in [2.24, 2.45) is 17.4 Å². The second-order valence-electron chi connectivity index (χ2n) is 10.6. The van der Waals surface area contributed by atoms with Crippen LogP contribution in [0.2, 0.25) is 5.02 Å². The standard InChI is InChI=1S/C32H37ClN6O2.ClH/c33-26-8-4-7-25(18-26)27(17-20-9-13-23(14-10-20)29(34)35)31(40)39-28(22-5-2-1-3-6-22)32(41)38-19-21-11-15-24(16-12-21)30(36)37;/h4,7-16,18,22,27-28H,1-3,5-6,17,19H2,(H3,34,35)(H3,36,37)(H,38,41)(H,39,40);1H/t27?,28-;/m0./s1. The Morgan fingerprint density at radius 2 is 1.40 bits per heavy atom. The van der Waals surface area contributed by atoms with Crippen molar-refractivity contribution in [3.63, 3.8) is 0 Å². The second kappa shape index (κ2) is 15.4. The van der Waals surface area contributed by atoms with Crippen LogP contribution < -0.4 is 22.1 Å². The van der Waals surface area contributed by atoms with Gasteiger partial charge in [0.05, 0.1) is 5.92 Å². The normalized spacial score (nSPS) is 14.6. The highest BCUT2D eigenvalue weighted by Gasteiger charge is 2.33. The van der Waals surface area contributed by atoms with Gasteiger partial charge in [0.15, 0.2) is 0 Å². The smallest absolute Gasteiger partial charge is 0.243 e. The van der Waals surface area contributed by atoms with Crippen molar-refractivity contribution in [1.82, 2.24) is 10.6 Å². The maximum atomic E-state index is 13.9. The molecule has 1 unspecified atom stereocenters. The lowest BCUT2D eigenvalue weighted by Crippen LogP contribution is -2.52. The van der Waals surface area contributed by atoms with Crippen molar-refractivity contribution in [3.05, 3.63) is 106 Å². The van der Waals surface area contributed by atoms with Crippen LogP contribution in [0.5, 0.6) is 0 Å². The molecule has 1 fully saturated rings. The lowest BCUT2D eigenvalue weighted by molar-refractivity contribution is -0.131. The first-order valence-corrected chi connectivity index (χ1v) is 14.3. The Balaban J connectivity index is 0.00000484. The number of amidine groups is 2. The van der Waals surface area contributed by atoms with Gasteiger partial charge >= 0.3 is 0 Å². The molecule has 0 bridgehead atoms. The molecule has 1 saturated carbocycles. The molecule has 8 N–H and O–H groups in total. The van der Waals surface area contributed by atoms with Gasteiger partial charge in [-0.2, -0.15) is 0 Å². The fourth-order valence-corrected chi connectivity index (χ4v) is 5.56. The molecule has 3 aromatic carbocycles. The Bertz CT molecular complexity index is 1390. The van der Waals surface area contributed by atoms with Crippen LogP contribution >= 0.6 is 24.0 Å². The minimum absolute atomic E-state index is 0. The summed E-state index contributed by atoms with van der Waals surface area (Å²) in [5.41, 5.74) is 14.9. The highest BCUT2D eigenvalue weighted by molar-refractivity contribution is 6.30. The Labute approximate surface area is 258 Å². The van der Waals surface area contributed by atoms with E-state index in [1.165, 1.54) is 0 Å². The summed E-state index contributed by atoms with van der Waals surface area (Å²) < 4.78 is 0. The molecule has 0 aromatic heterocycles. The van der Waals surface area contributed by atoms with Gasteiger partial charge in [-0.15, -0.1) is 12.4 Å². The van der Waals surface area contributed by atoms with E-state index in [0.717, 1.165) is 48.8 Å². The molecule has 10 heteroatoms. The lowest BCUT2D eigenvalue weighted by Gasteiger charge is -2.31. The quantitative estimate of drug-likeness (QED) is 0.133. The highest BCUT2D eigenvalue weighted by Crippen LogP contribution is 2.29. The van der Waals surface area contributed by atoms with E-state index in [4.69, 9.17) is 33.9 Å². The Hall–Kier alpha value is -3.88. The molecular weight excluding hydrogens is 571 g/mol. The molecule has 0 heterocycles. The van der Waals surface area contributed by atoms with E-state index in [-0.39, 0.29) is 41.8 Å². The molecule has 222 valence electrons. The molecule has 0 saturated heterocycles. The molecule has 0 aliphatic heterocycles. The summed E-state index contributed by atoms with van der Waals surface area (Å²) in [7, 11) is 0. The van der Waals surface area contributed by atoms with E-state index in [0.29, 0.717) is 29.1 Å². The average Bonchev–Trinajstić information content (AvgIpc) is 2.98. The molecular formula is C32H38Cl2N6O2. The number of carbonyl (C=O) groups excluding carboxylic acids is 2. The van der Waals surface area contributed by atoms with Crippen LogP contribution in [0.15, 0.2) is 72.8 Å². The summed E-state index contributed by atoms with van der Waals surface area (Å²) in [6, 6.07) is 21.0. The van der Waals surface area contributed by atoms with Crippen molar-refractivity contribution in [3.8, 4) is 0 Å². The summed E-state index contributed by atoms with van der Waals surface area (Å²) in [6.07, 6.45) is 5.32. The number of benzene rings is 3. The van der Waals surface area contributed by atoms with Gasteiger partial charge in [-0.05, 0) is 54.0 Å². The van der Waals surface area contributed by atoms with Crippen LogP contribution in [0.1, 0.15) is 65.8 Å². The van der Waals surface area contributed by atoms with Crippen LogP contribution in [0.4, 0.5) is 0 Å². The molecule has 2 atom stereocenters. The van der Waals surface area contributed by atoms with E-state index in [1.807, 2.05) is 36.4 Å². The maximum absolute atomic E-state index is 13.9. The summed E-state index contributed by atoms with van der Waals surface area (Å²) >= 11 is 6.30. The fraction of sp³-hybridized carbons (Fsp3) is 0.312. The first-order chi connectivity index (χ1) is 19.7. The third kappa shape index (κ3) is 8.81. The predicted octanol–water partition coefficient (Wildman–Crippen LogP) is 5.04. The van der Waals surface area contributed by atoms with Gasteiger partial charge in [-0.25, -0.2) is 0 Å². The van der Waals surface area contributed by atoms with Crippen LogP contribution in [0.25, 0.3) is 0 Å². The number of hydrogen-bond donors (Lipinski definition) is 6. The van der Waals surface area contributed by atoms with Gasteiger partial charge < -0.3 is 22.1 Å². The van der Waals surface area contributed by atoms with Crippen molar-refractivity contribution in [2.45, 2.75) is 57.0 Å². The summed E-state index contributed by atoms with van der Waals surface area (Å²) in [5, 5.41) is 21.9. The van der Waals surface area contributed by atoms with E-state index in [9.17, 15) is 9.59 Å². The SMILES string of the molecule is Cl.N=C(N)c1ccc(CNC(=O)[C@@H](NC(=O)C(Cc2ccc(C(=N)N)cc2)c2cccc(Cl)c2)C2CCCCC2)cc1. The van der Waals surface area contributed by atoms with Gasteiger partial charge in [0.2, 0.25) is 11.8 Å². The van der Waals surface area contributed by atoms with Crippen LogP contribution in [-0.4, -0.2) is 29.5 Å². The summed E-state index contributed by atoms with van der Waals surface area (Å²) in [6.45, 7) is 0.302. The molecule has 3 aromatic rings. The van der Waals surface area contributed by atoms with Crippen LogP contribution in [-0.2, 0) is 22.6 Å². The minimum Gasteiger partial charge on any atom is -0.384 e. The molecule has 1 aliphatic rings. The molecule has 0 radical (unpaired) electrons. The summed E-state index contributed by atoms with van der Waals surface area (Å²) in [4.78, 5) is 27.5. The number of amides is 2. The first kappa shape index (κ1) is 32.6. The third-order valence-electron chi connectivity index (χ3n) is 7.71. The van der Waals surface area contributed by atoms with E-state index >= 15 is 0 Å². The maximum Gasteiger partial charge on any atom is 0.243 e. The Kier molecular flexibility index (Phi) is 11.9. The van der Waals surface area contributed by atoms with Crippen LogP contribution in [0, 0.1) is 16.7 Å². The zero-order valence-electron chi connectivity index (χ0n) is 23.4. The lowest BCUT2D eigenvalue weighted by atomic mass is 9.82. The fourth-order valence-electron chi connectivity index (χ4n) is 5.36. The number of halogens is 2. The topological polar surface area (TPSA) is 158 Å². The number of nitrogen functional groups attached to an aromatic ring is 2. The van der Waals surface area contributed by atoms with E-state index in [2.05, 4.69) is 10.6 Å². The molecule has 8 nitrogen and oxygen atoms in total. The minimum atomic E-state index is -0.666. The molecule has 0 spiro atoms. The van der Waals surface area contributed by atoms with Crippen molar-refractivity contribution < 1.29 is 9.59 Å². The molecule has 1 aliphatic carbocycles. The third-order valence-corrected chi connectivity index (χ3v) is 7.94. The second-order valence-corrected chi connectivity index (χ2v) is 11.1. The number of nitrogens with two attached hydrogens (primary N) is 2.